The molecule has 150 valence electrons. The number of benzene rings is 1. The SMILES string of the molecule is CCN(CC(=O)O)C1CC(NC(=O)NCCCOc2cccc(C)c2C)C1. The minimum Gasteiger partial charge on any atom is -0.493 e. The average molecular weight is 377 g/mol. The van der Waals surface area contributed by atoms with Crippen molar-refractivity contribution in [2.75, 3.05) is 26.2 Å². The van der Waals surface area contributed by atoms with E-state index in [0.717, 1.165) is 30.6 Å². The molecule has 2 rings (SSSR count). The molecular formula is C20H31N3O4. The lowest BCUT2D eigenvalue weighted by molar-refractivity contribution is -0.139. The number of urea groups is 1. The van der Waals surface area contributed by atoms with Gasteiger partial charge in [-0.05, 0) is 56.8 Å². The number of nitrogens with zero attached hydrogens (tertiary/aromatic N) is 1. The number of hydrogen-bond donors (Lipinski definition) is 3. The first-order valence-electron chi connectivity index (χ1n) is 9.60. The van der Waals surface area contributed by atoms with Gasteiger partial charge in [-0.1, -0.05) is 19.1 Å². The van der Waals surface area contributed by atoms with Crippen LogP contribution in [0.3, 0.4) is 0 Å². The van der Waals surface area contributed by atoms with E-state index in [-0.39, 0.29) is 24.7 Å². The molecule has 0 aromatic heterocycles. The quantitative estimate of drug-likeness (QED) is 0.544. The van der Waals surface area contributed by atoms with Crippen molar-refractivity contribution in [1.82, 2.24) is 15.5 Å². The van der Waals surface area contributed by atoms with Gasteiger partial charge in [-0.2, -0.15) is 0 Å². The van der Waals surface area contributed by atoms with Crippen molar-refractivity contribution >= 4 is 12.0 Å². The van der Waals surface area contributed by atoms with Crippen molar-refractivity contribution in [1.29, 1.82) is 0 Å². The van der Waals surface area contributed by atoms with Crippen LogP contribution < -0.4 is 15.4 Å². The predicted molar refractivity (Wildman–Crippen MR) is 104 cm³/mol. The summed E-state index contributed by atoms with van der Waals surface area (Å²) in [6, 6.07) is 6.17. The Labute approximate surface area is 161 Å². The van der Waals surface area contributed by atoms with E-state index in [1.807, 2.05) is 30.9 Å². The Balaban J connectivity index is 1.57. The largest absolute Gasteiger partial charge is 0.493 e. The highest BCUT2D eigenvalue weighted by atomic mass is 16.5. The predicted octanol–water partition coefficient (Wildman–Crippen LogP) is 2.31. The van der Waals surface area contributed by atoms with Crippen LogP contribution in [0, 0.1) is 13.8 Å². The number of carbonyl (C=O) groups excluding carboxylic acids is 1. The van der Waals surface area contributed by atoms with Crippen LogP contribution in [-0.2, 0) is 4.79 Å². The molecule has 3 N–H and O–H groups in total. The molecule has 1 aliphatic rings. The second-order valence-corrected chi connectivity index (χ2v) is 7.08. The number of aryl methyl sites for hydroxylation is 1. The molecule has 7 nitrogen and oxygen atoms in total. The number of aliphatic carboxylic acids is 1. The summed E-state index contributed by atoms with van der Waals surface area (Å²) in [6.07, 6.45) is 2.32. The Kier molecular flexibility index (Phi) is 7.91. The molecule has 1 aromatic rings. The molecule has 0 radical (unpaired) electrons. The van der Waals surface area contributed by atoms with E-state index in [1.165, 1.54) is 5.56 Å². The minimum atomic E-state index is -0.811. The van der Waals surface area contributed by atoms with Crippen LogP contribution in [0.5, 0.6) is 5.75 Å². The highest BCUT2D eigenvalue weighted by molar-refractivity contribution is 5.74. The number of carboxylic acids is 1. The molecule has 0 atom stereocenters. The van der Waals surface area contributed by atoms with Crippen molar-refractivity contribution in [2.24, 2.45) is 0 Å². The zero-order valence-electron chi connectivity index (χ0n) is 16.5. The third-order valence-corrected chi connectivity index (χ3v) is 5.13. The zero-order valence-corrected chi connectivity index (χ0v) is 16.5. The second kappa shape index (κ2) is 10.2. The van der Waals surface area contributed by atoms with Gasteiger partial charge in [-0.15, -0.1) is 0 Å². The van der Waals surface area contributed by atoms with Gasteiger partial charge in [0.15, 0.2) is 0 Å². The number of hydrogen-bond acceptors (Lipinski definition) is 4. The van der Waals surface area contributed by atoms with Crippen LogP contribution in [0.2, 0.25) is 0 Å². The average Bonchev–Trinajstić information content (AvgIpc) is 2.59. The normalized spacial score (nSPS) is 18.7. The van der Waals surface area contributed by atoms with Crippen molar-refractivity contribution in [3.05, 3.63) is 29.3 Å². The Bertz CT molecular complexity index is 644. The molecule has 1 aromatic carbocycles. The van der Waals surface area contributed by atoms with E-state index in [1.54, 1.807) is 0 Å². The first-order chi connectivity index (χ1) is 12.9. The monoisotopic (exact) mass is 377 g/mol. The molecule has 1 aliphatic carbocycles. The van der Waals surface area contributed by atoms with Crippen LogP contribution in [0.1, 0.15) is 37.3 Å². The van der Waals surface area contributed by atoms with E-state index in [9.17, 15) is 9.59 Å². The van der Waals surface area contributed by atoms with E-state index >= 15 is 0 Å². The molecule has 1 fully saturated rings. The van der Waals surface area contributed by atoms with E-state index in [0.29, 0.717) is 19.7 Å². The third kappa shape index (κ3) is 6.43. The molecule has 2 amide bonds. The lowest BCUT2D eigenvalue weighted by Gasteiger charge is -2.42. The van der Waals surface area contributed by atoms with E-state index in [4.69, 9.17) is 9.84 Å². The van der Waals surface area contributed by atoms with Crippen LogP contribution >= 0.6 is 0 Å². The maximum Gasteiger partial charge on any atom is 0.317 e. The topological polar surface area (TPSA) is 90.9 Å². The Morgan fingerprint density at radius 3 is 2.70 bits per heavy atom. The number of rotatable bonds is 10. The Hall–Kier alpha value is -2.28. The van der Waals surface area contributed by atoms with Gasteiger partial charge in [-0.25, -0.2) is 4.79 Å². The lowest BCUT2D eigenvalue weighted by Crippen LogP contribution is -2.56. The summed E-state index contributed by atoms with van der Waals surface area (Å²) in [4.78, 5) is 24.7. The van der Waals surface area contributed by atoms with Crippen molar-refractivity contribution in [3.8, 4) is 5.75 Å². The first-order valence-corrected chi connectivity index (χ1v) is 9.60. The van der Waals surface area contributed by atoms with E-state index in [2.05, 4.69) is 23.6 Å². The second-order valence-electron chi connectivity index (χ2n) is 7.08. The van der Waals surface area contributed by atoms with Crippen molar-refractivity contribution in [3.63, 3.8) is 0 Å². The number of ether oxygens (including phenoxy) is 1. The summed E-state index contributed by atoms with van der Waals surface area (Å²) in [5.74, 6) is 0.0795. The number of nitrogens with one attached hydrogen (secondary N) is 2. The van der Waals surface area contributed by atoms with Gasteiger partial charge in [-0.3, -0.25) is 9.69 Å². The van der Waals surface area contributed by atoms with Crippen LogP contribution in [0.4, 0.5) is 4.79 Å². The molecule has 0 unspecified atom stereocenters. The molecule has 0 aliphatic heterocycles. The first kappa shape index (κ1) is 21.0. The van der Waals surface area contributed by atoms with Gasteiger partial charge in [0, 0.05) is 18.6 Å². The summed E-state index contributed by atoms with van der Waals surface area (Å²) in [5.41, 5.74) is 2.35. The fourth-order valence-electron chi connectivity index (χ4n) is 3.25. The summed E-state index contributed by atoms with van der Waals surface area (Å²) in [5, 5.41) is 14.7. The fourth-order valence-corrected chi connectivity index (χ4v) is 3.25. The number of likely N-dealkylation sites (N-methyl/N-ethyl adjacent to an activating group) is 1. The van der Waals surface area contributed by atoms with Crippen LogP contribution in [0.25, 0.3) is 0 Å². The van der Waals surface area contributed by atoms with Crippen molar-refractivity contribution < 1.29 is 19.4 Å². The van der Waals surface area contributed by atoms with Crippen LogP contribution in [0.15, 0.2) is 18.2 Å². The molecule has 1 saturated carbocycles. The van der Waals surface area contributed by atoms with Gasteiger partial charge in [0.1, 0.15) is 5.75 Å². The molecule has 0 heterocycles. The maximum absolute atomic E-state index is 11.9. The summed E-state index contributed by atoms with van der Waals surface area (Å²) in [7, 11) is 0. The summed E-state index contributed by atoms with van der Waals surface area (Å²) >= 11 is 0. The fraction of sp³-hybridized carbons (Fsp3) is 0.600. The zero-order chi connectivity index (χ0) is 19.8. The van der Waals surface area contributed by atoms with Gasteiger partial charge < -0.3 is 20.5 Å². The highest BCUT2D eigenvalue weighted by Gasteiger charge is 2.34. The van der Waals surface area contributed by atoms with Gasteiger partial charge >= 0.3 is 12.0 Å². The number of carbonyl (C=O) groups is 2. The Morgan fingerprint density at radius 1 is 1.30 bits per heavy atom. The molecule has 27 heavy (non-hydrogen) atoms. The molecule has 7 heteroatoms. The minimum absolute atomic E-state index is 0.0560. The summed E-state index contributed by atoms with van der Waals surface area (Å²) in [6.45, 7) is 7.91. The van der Waals surface area contributed by atoms with Gasteiger partial charge in [0.05, 0.1) is 13.2 Å². The smallest absolute Gasteiger partial charge is 0.317 e. The summed E-state index contributed by atoms with van der Waals surface area (Å²) < 4.78 is 5.77. The standard InChI is InChI=1S/C20H31N3O4/c1-4-23(13-19(24)25)17-11-16(12-17)22-20(26)21-9-6-10-27-18-8-5-7-14(2)15(18)3/h5,7-8,16-17H,4,6,9-13H2,1-3H3,(H,24,25)(H2,21,22,26). The van der Waals surface area contributed by atoms with Gasteiger partial charge in [0.25, 0.3) is 0 Å². The highest BCUT2D eigenvalue weighted by Crippen LogP contribution is 2.25. The molecule has 0 spiro atoms. The number of amides is 2. The molecule has 0 bridgehead atoms. The molecule has 0 saturated heterocycles. The number of carboxylic acid groups (broad SMARTS) is 1. The van der Waals surface area contributed by atoms with E-state index < -0.39 is 5.97 Å². The van der Waals surface area contributed by atoms with Gasteiger partial charge in [0.2, 0.25) is 0 Å². The molecular weight excluding hydrogens is 346 g/mol. The Morgan fingerprint density at radius 2 is 2.04 bits per heavy atom. The lowest BCUT2D eigenvalue weighted by atomic mass is 9.85. The van der Waals surface area contributed by atoms with Crippen molar-refractivity contribution in [2.45, 2.75) is 52.1 Å². The maximum atomic E-state index is 11.9. The van der Waals surface area contributed by atoms with Crippen LogP contribution in [-0.4, -0.2) is 60.3 Å². The third-order valence-electron chi connectivity index (χ3n) is 5.13.